The van der Waals surface area contributed by atoms with E-state index in [9.17, 15) is 9.59 Å². The Morgan fingerprint density at radius 1 is 1.08 bits per heavy atom. The number of nitrogens with one attached hydrogen (secondary N) is 3. The summed E-state index contributed by atoms with van der Waals surface area (Å²) in [6, 6.07) is 12.7. The van der Waals surface area contributed by atoms with Crippen molar-refractivity contribution in [2.75, 3.05) is 5.32 Å². The van der Waals surface area contributed by atoms with Gasteiger partial charge in [-0.15, -0.1) is 0 Å². The molecule has 1 aliphatic heterocycles. The number of imidazole rings is 1. The second kappa shape index (κ2) is 6.20. The largest absolute Gasteiger partial charge is 0.345 e. The molecule has 2 heterocycles. The van der Waals surface area contributed by atoms with E-state index in [-0.39, 0.29) is 11.8 Å². The Balaban J connectivity index is 1.48. The second-order valence-corrected chi connectivity index (χ2v) is 5.76. The lowest BCUT2D eigenvalue weighted by Crippen LogP contribution is -2.25. The molecule has 7 nitrogen and oxygen atoms in total. The third-order valence-corrected chi connectivity index (χ3v) is 4.06. The molecular weight excluding hydrogens is 318 g/mol. The molecule has 1 aromatic heterocycles. The highest BCUT2D eigenvalue weighted by Crippen LogP contribution is 2.16. The van der Waals surface area contributed by atoms with Gasteiger partial charge in [-0.05, 0) is 35.9 Å². The van der Waals surface area contributed by atoms with Crippen LogP contribution in [0, 0.1) is 0 Å². The van der Waals surface area contributed by atoms with Crippen molar-refractivity contribution in [1.82, 2.24) is 15.4 Å². The van der Waals surface area contributed by atoms with Gasteiger partial charge in [0.15, 0.2) is 0 Å². The van der Waals surface area contributed by atoms with Crippen LogP contribution in [0.4, 0.5) is 5.69 Å². The van der Waals surface area contributed by atoms with Crippen molar-refractivity contribution < 1.29 is 9.59 Å². The van der Waals surface area contributed by atoms with Crippen LogP contribution in [-0.2, 0) is 4.79 Å². The highest BCUT2D eigenvalue weighted by atomic mass is 16.2. The van der Waals surface area contributed by atoms with Crippen LogP contribution in [0.5, 0.6) is 0 Å². The highest BCUT2D eigenvalue weighted by Gasteiger charge is 2.13. The maximum atomic E-state index is 12.4. The highest BCUT2D eigenvalue weighted by molar-refractivity contribution is 6.07. The number of hydrogen-bond acceptors (Lipinski definition) is 4. The third kappa shape index (κ3) is 3.12. The van der Waals surface area contributed by atoms with Crippen LogP contribution < -0.4 is 10.7 Å². The lowest BCUT2D eigenvalue weighted by atomic mass is 10.0. The maximum absolute atomic E-state index is 12.4. The lowest BCUT2D eigenvalue weighted by molar-refractivity contribution is -0.121. The molecule has 0 spiro atoms. The molecule has 2 aromatic carbocycles. The van der Waals surface area contributed by atoms with Crippen molar-refractivity contribution in [3.63, 3.8) is 0 Å². The van der Waals surface area contributed by atoms with Gasteiger partial charge in [0.1, 0.15) is 0 Å². The summed E-state index contributed by atoms with van der Waals surface area (Å²) < 4.78 is 0. The molecule has 2 amide bonds. The van der Waals surface area contributed by atoms with Crippen LogP contribution in [0.15, 0.2) is 53.9 Å². The summed E-state index contributed by atoms with van der Waals surface area (Å²) in [4.78, 5) is 30.7. The number of hydrazone groups is 1. The minimum absolute atomic E-state index is 0.0677. The maximum Gasteiger partial charge on any atom is 0.255 e. The van der Waals surface area contributed by atoms with Gasteiger partial charge in [0, 0.05) is 24.1 Å². The molecular formula is C18H15N5O2. The Bertz CT molecular complexity index is 988. The first kappa shape index (κ1) is 15.1. The van der Waals surface area contributed by atoms with E-state index in [1.807, 2.05) is 24.3 Å². The third-order valence-electron chi connectivity index (χ3n) is 4.06. The zero-order valence-electron chi connectivity index (χ0n) is 13.2. The van der Waals surface area contributed by atoms with Gasteiger partial charge in [-0.25, -0.2) is 10.4 Å². The van der Waals surface area contributed by atoms with E-state index in [4.69, 9.17) is 0 Å². The summed E-state index contributed by atoms with van der Waals surface area (Å²) in [7, 11) is 0. The van der Waals surface area contributed by atoms with Crippen LogP contribution in [0.3, 0.4) is 0 Å². The summed E-state index contributed by atoms with van der Waals surface area (Å²) >= 11 is 0. The standard InChI is InChI=1S/C18H15N5O2/c24-17-8-7-14(22-23-17)11-1-4-13(5-2-11)21-18(25)12-3-6-15-16(9-12)20-10-19-15/h1-6,9-10H,7-8H2,(H,19,20)(H,21,25)(H,23,24). The van der Waals surface area contributed by atoms with Crippen molar-refractivity contribution >= 4 is 34.2 Å². The number of benzene rings is 2. The Morgan fingerprint density at radius 3 is 2.68 bits per heavy atom. The zero-order valence-corrected chi connectivity index (χ0v) is 13.2. The molecule has 0 saturated carbocycles. The fourth-order valence-electron chi connectivity index (χ4n) is 2.71. The number of nitrogens with zero attached hydrogens (tertiary/aromatic N) is 2. The molecule has 0 aliphatic carbocycles. The van der Waals surface area contributed by atoms with E-state index in [1.165, 1.54) is 0 Å². The number of rotatable bonds is 3. The summed E-state index contributed by atoms with van der Waals surface area (Å²) in [6.07, 6.45) is 2.65. The van der Waals surface area contributed by atoms with Crippen LogP contribution in [0.1, 0.15) is 28.8 Å². The normalized spacial score (nSPS) is 14.1. The van der Waals surface area contributed by atoms with E-state index in [1.54, 1.807) is 24.5 Å². The molecule has 25 heavy (non-hydrogen) atoms. The predicted octanol–water partition coefficient (Wildman–Crippen LogP) is 2.43. The Morgan fingerprint density at radius 2 is 1.92 bits per heavy atom. The fourth-order valence-corrected chi connectivity index (χ4v) is 2.71. The lowest BCUT2D eigenvalue weighted by Gasteiger charge is -2.12. The molecule has 7 heteroatoms. The van der Waals surface area contributed by atoms with Gasteiger partial charge < -0.3 is 10.3 Å². The summed E-state index contributed by atoms with van der Waals surface area (Å²) in [5.41, 5.74) is 7.14. The fraction of sp³-hybridized carbons (Fsp3) is 0.111. The van der Waals surface area contributed by atoms with Crippen molar-refractivity contribution in [2.45, 2.75) is 12.8 Å². The number of aromatic nitrogens is 2. The Hall–Kier alpha value is -3.48. The molecule has 0 fully saturated rings. The van der Waals surface area contributed by atoms with Gasteiger partial charge in [-0.1, -0.05) is 12.1 Å². The Labute approximate surface area is 143 Å². The number of carbonyl (C=O) groups is 2. The van der Waals surface area contributed by atoms with Crippen LogP contribution in [0.25, 0.3) is 11.0 Å². The van der Waals surface area contributed by atoms with Gasteiger partial charge in [0.2, 0.25) is 5.91 Å². The number of amides is 2. The Kier molecular flexibility index (Phi) is 3.74. The molecule has 0 atom stereocenters. The number of H-pyrrole nitrogens is 1. The quantitative estimate of drug-likeness (QED) is 0.686. The van der Waals surface area contributed by atoms with E-state index in [2.05, 4.69) is 25.8 Å². The number of fused-ring (bicyclic) bond motifs is 1. The number of anilines is 1. The van der Waals surface area contributed by atoms with Crippen LogP contribution in [-0.4, -0.2) is 27.5 Å². The van der Waals surface area contributed by atoms with E-state index in [0.717, 1.165) is 22.3 Å². The van der Waals surface area contributed by atoms with Gasteiger partial charge in [-0.2, -0.15) is 5.10 Å². The van der Waals surface area contributed by atoms with Crippen LogP contribution >= 0.6 is 0 Å². The minimum atomic E-state index is -0.188. The van der Waals surface area contributed by atoms with Crippen molar-refractivity contribution in [1.29, 1.82) is 0 Å². The summed E-state index contributed by atoms with van der Waals surface area (Å²) in [5, 5.41) is 6.93. The molecule has 0 bridgehead atoms. The average Bonchev–Trinajstić information content (AvgIpc) is 3.11. The molecule has 0 saturated heterocycles. The van der Waals surface area contributed by atoms with E-state index in [0.29, 0.717) is 24.1 Å². The molecule has 4 rings (SSSR count). The van der Waals surface area contributed by atoms with Crippen molar-refractivity contribution in [2.24, 2.45) is 5.10 Å². The molecule has 124 valence electrons. The van der Waals surface area contributed by atoms with Gasteiger partial charge in [-0.3, -0.25) is 9.59 Å². The first-order chi connectivity index (χ1) is 12.2. The first-order valence-corrected chi connectivity index (χ1v) is 7.89. The smallest absolute Gasteiger partial charge is 0.255 e. The van der Waals surface area contributed by atoms with Crippen molar-refractivity contribution in [3.8, 4) is 0 Å². The van der Waals surface area contributed by atoms with Crippen LogP contribution in [0.2, 0.25) is 0 Å². The van der Waals surface area contributed by atoms with Gasteiger partial charge in [0.05, 0.1) is 23.1 Å². The molecule has 0 unspecified atom stereocenters. The SMILES string of the molecule is O=C1CCC(c2ccc(NC(=O)c3ccc4nc[nH]c4c3)cc2)=NN1. The summed E-state index contributed by atoms with van der Waals surface area (Å²) in [5.74, 6) is -0.256. The average molecular weight is 333 g/mol. The molecule has 3 N–H and O–H groups in total. The number of aromatic amines is 1. The second-order valence-electron chi connectivity index (χ2n) is 5.76. The number of hydrogen-bond donors (Lipinski definition) is 3. The monoisotopic (exact) mass is 333 g/mol. The van der Waals surface area contributed by atoms with E-state index >= 15 is 0 Å². The van der Waals surface area contributed by atoms with Gasteiger partial charge in [0.25, 0.3) is 5.91 Å². The number of carbonyl (C=O) groups excluding carboxylic acids is 2. The zero-order chi connectivity index (χ0) is 17.2. The first-order valence-electron chi connectivity index (χ1n) is 7.89. The topological polar surface area (TPSA) is 99.2 Å². The molecule has 1 aliphatic rings. The van der Waals surface area contributed by atoms with Crippen molar-refractivity contribution in [3.05, 3.63) is 59.9 Å². The molecule has 3 aromatic rings. The summed E-state index contributed by atoms with van der Waals surface area (Å²) in [6.45, 7) is 0. The van der Waals surface area contributed by atoms with Gasteiger partial charge >= 0.3 is 0 Å². The van der Waals surface area contributed by atoms with E-state index < -0.39 is 0 Å². The predicted molar refractivity (Wildman–Crippen MR) is 94.4 cm³/mol. The minimum Gasteiger partial charge on any atom is -0.345 e. The molecule has 0 radical (unpaired) electrons.